The topological polar surface area (TPSA) is 40.5 Å². The highest BCUT2D eigenvalue weighted by atomic mass is 79.9. The normalized spacial score (nSPS) is 12.2. The SMILES string of the molecule is CCN(c1ccc(Br)cc1)C(C)C(=O)O. The Hall–Kier alpha value is -1.03. The predicted molar refractivity (Wildman–Crippen MR) is 64.3 cm³/mol. The second-order valence-corrected chi connectivity index (χ2v) is 4.19. The summed E-state index contributed by atoms with van der Waals surface area (Å²) < 4.78 is 0.991. The summed E-state index contributed by atoms with van der Waals surface area (Å²) >= 11 is 3.35. The number of halogens is 1. The lowest BCUT2D eigenvalue weighted by molar-refractivity contribution is -0.138. The fraction of sp³-hybridized carbons (Fsp3) is 0.364. The van der Waals surface area contributed by atoms with Crippen molar-refractivity contribution in [2.45, 2.75) is 19.9 Å². The lowest BCUT2D eigenvalue weighted by Crippen LogP contribution is -2.38. The lowest BCUT2D eigenvalue weighted by Gasteiger charge is -2.27. The van der Waals surface area contributed by atoms with Crippen LogP contribution >= 0.6 is 15.9 Å². The van der Waals surface area contributed by atoms with E-state index in [4.69, 9.17) is 5.11 Å². The predicted octanol–water partition coefficient (Wildman–Crippen LogP) is 2.75. The standard InChI is InChI=1S/C11H14BrNO2/c1-3-13(8(2)11(14)15)10-6-4-9(12)5-7-10/h4-8H,3H2,1-2H3,(H,14,15). The number of carboxylic acids is 1. The molecule has 0 bridgehead atoms. The molecule has 0 aliphatic heterocycles. The van der Waals surface area contributed by atoms with E-state index in [2.05, 4.69) is 15.9 Å². The molecule has 0 saturated carbocycles. The summed E-state index contributed by atoms with van der Waals surface area (Å²) in [6.07, 6.45) is 0. The summed E-state index contributed by atoms with van der Waals surface area (Å²) in [5.74, 6) is -0.806. The highest BCUT2D eigenvalue weighted by molar-refractivity contribution is 9.10. The van der Waals surface area contributed by atoms with Gasteiger partial charge < -0.3 is 10.0 Å². The molecule has 0 aliphatic rings. The number of aliphatic carboxylic acids is 1. The Morgan fingerprint density at radius 2 is 2.00 bits per heavy atom. The van der Waals surface area contributed by atoms with Gasteiger partial charge in [0.2, 0.25) is 0 Å². The zero-order chi connectivity index (χ0) is 11.4. The number of rotatable bonds is 4. The number of nitrogens with zero attached hydrogens (tertiary/aromatic N) is 1. The van der Waals surface area contributed by atoms with Gasteiger partial charge in [-0.2, -0.15) is 0 Å². The Morgan fingerprint density at radius 1 is 1.47 bits per heavy atom. The van der Waals surface area contributed by atoms with Crippen molar-refractivity contribution in [3.05, 3.63) is 28.7 Å². The van der Waals surface area contributed by atoms with Gasteiger partial charge in [0, 0.05) is 16.7 Å². The van der Waals surface area contributed by atoms with Crippen LogP contribution in [0.3, 0.4) is 0 Å². The molecule has 1 unspecified atom stereocenters. The van der Waals surface area contributed by atoms with Crippen molar-refractivity contribution in [1.29, 1.82) is 0 Å². The Morgan fingerprint density at radius 3 is 2.40 bits per heavy atom. The van der Waals surface area contributed by atoms with Crippen LogP contribution in [0.15, 0.2) is 28.7 Å². The number of likely N-dealkylation sites (N-methyl/N-ethyl adjacent to an activating group) is 1. The molecule has 4 heteroatoms. The maximum atomic E-state index is 10.9. The van der Waals surface area contributed by atoms with Crippen molar-refractivity contribution in [2.75, 3.05) is 11.4 Å². The zero-order valence-electron chi connectivity index (χ0n) is 8.77. The van der Waals surface area contributed by atoms with Crippen LogP contribution in [-0.4, -0.2) is 23.7 Å². The van der Waals surface area contributed by atoms with Crippen LogP contribution in [0, 0.1) is 0 Å². The molecule has 0 radical (unpaired) electrons. The first-order valence-corrected chi connectivity index (χ1v) is 5.60. The van der Waals surface area contributed by atoms with Crippen LogP contribution in [0.4, 0.5) is 5.69 Å². The van der Waals surface area contributed by atoms with E-state index >= 15 is 0 Å². The van der Waals surface area contributed by atoms with Gasteiger partial charge in [0.25, 0.3) is 0 Å². The monoisotopic (exact) mass is 271 g/mol. The van der Waals surface area contributed by atoms with E-state index in [1.807, 2.05) is 36.1 Å². The minimum absolute atomic E-state index is 0.504. The Balaban J connectivity index is 2.92. The molecular weight excluding hydrogens is 258 g/mol. The first kappa shape index (κ1) is 12.0. The maximum Gasteiger partial charge on any atom is 0.326 e. The molecule has 0 amide bonds. The van der Waals surface area contributed by atoms with Crippen molar-refractivity contribution in [1.82, 2.24) is 0 Å². The number of hydrogen-bond acceptors (Lipinski definition) is 2. The van der Waals surface area contributed by atoms with E-state index in [9.17, 15) is 4.79 Å². The van der Waals surface area contributed by atoms with Gasteiger partial charge in [-0.15, -0.1) is 0 Å². The smallest absolute Gasteiger partial charge is 0.326 e. The minimum atomic E-state index is -0.806. The highest BCUT2D eigenvalue weighted by Crippen LogP contribution is 2.20. The van der Waals surface area contributed by atoms with Crippen LogP contribution in [0.5, 0.6) is 0 Å². The minimum Gasteiger partial charge on any atom is -0.480 e. The zero-order valence-corrected chi connectivity index (χ0v) is 10.4. The summed E-state index contributed by atoms with van der Waals surface area (Å²) in [5.41, 5.74) is 0.926. The van der Waals surface area contributed by atoms with Gasteiger partial charge in [0.15, 0.2) is 0 Å². The Labute approximate surface area is 97.8 Å². The Bertz CT molecular complexity index is 337. The number of carbonyl (C=O) groups is 1. The van der Waals surface area contributed by atoms with Gasteiger partial charge in [-0.3, -0.25) is 0 Å². The second-order valence-electron chi connectivity index (χ2n) is 3.28. The summed E-state index contributed by atoms with van der Waals surface area (Å²) in [4.78, 5) is 12.7. The van der Waals surface area contributed by atoms with E-state index < -0.39 is 12.0 Å². The third-order valence-electron chi connectivity index (χ3n) is 2.32. The molecule has 1 aromatic carbocycles. The van der Waals surface area contributed by atoms with Crippen LogP contribution in [-0.2, 0) is 4.79 Å². The molecule has 15 heavy (non-hydrogen) atoms. The molecule has 1 rings (SSSR count). The first-order valence-electron chi connectivity index (χ1n) is 4.81. The molecule has 1 atom stereocenters. The largest absolute Gasteiger partial charge is 0.480 e. The Kier molecular flexibility index (Phi) is 4.15. The van der Waals surface area contributed by atoms with Gasteiger partial charge in [-0.05, 0) is 38.1 Å². The van der Waals surface area contributed by atoms with Gasteiger partial charge in [-0.25, -0.2) is 4.79 Å². The third-order valence-corrected chi connectivity index (χ3v) is 2.85. The number of hydrogen-bond donors (Lipinski definition) is 1. The molecule has 0 aromatic heterocycles. The van der Waals surface area contributed by atoms with Gasteiger partial charge in [-0.1, -0.05) is 15.9 Å². The molecule has 0 heterocycles. The second kappa shape index (κ2) is 5.16. The number of benzene rings is 1. The van der Waals surface area contributed by atoms with Crippen LogP contribution in [0.2, 0.25) is 0 Å². The van der Waals surface area contributed by atoms with Crippen LogP contribution in [0.25, 0.3) is 0 Å². The third kappa shape index (κ3) is 2.96. The van der Waals surface area contributed by atoms with Crippen molar-refractivity contribution in [3.63, 3.8) is 0 Å². The number of carboxylic acid groups (broad SMARTS) is 1. The van der Waals surface area contributed by atoms with E-state index in [0.29, 0.717) is 6.54 Å². The fourth-order valence-corrected chi connectivity index (χ4v) is 1.71. The molecule has 3 nitrogen and oxygen atoms in total. The van der Waals surface area contributed by atoms with Crippen molar-refractivity contribution >= 4 is 27.6 Å². The molecule has 0 fully saturated rings. The molecule has 0 aliphatic carbocycles. The van der Waals surface area contributed by atoms with Crippen molar-refractivity contribution in [2.24, 2.45) is 0 Å². The van der Waals surface area contributed by atoms with Crippen molar-refractivity contribution in [3.8, 4) is 0 Å². The van der Waals surface area contributed by atoms with E-state index in [1.165, 1.54) is 0 Å². The van der Waals surface area contributed by atoms with E-state index in [-0.39, 0.29) is 0 Å². The molecule has 1 aromatic rings. The van der Waals surface area contributed by atoms with Crippen molar-refractivity contribution < 1.29 is 9.90 Å². The maximum absolute atomic E-state index is 10.9. The van der Waals surface area contributed by atoms with Gasteiger partial charge >= 0.3 is 5.97 Å². The first-order chi connectivity index (χ1) is 7.06. The van der Waals surface area contributed by atoms with Gasteiger partial charge in [0.05, 0.1) is 0 Å². The summed E-state index contributed by atoms with van der Waals surface area (Å²) in [6.45, 7) is 4.31. The quantitative estimate of drug-likeness (QED) is 0.916. The van der Waals surface area contributed by atoms with E-state index in [0.717, 1.165) is 10.2 Å². The summed E-state index contributed by atoms with van der Waals surface area (Å²) in [7, 11) is 0. The summed E-state index contributed by atoms with van der Waals surface area (Å²) in [6, 6.07) is 7.13. The molecular formula is C11H14BrNO2. The fourth-order valence-electron chi connectivity index (χ4n) is 1.45. The number of anilines is 1. The average Bonchev–Trinajstić information content (AvgIpc) is 2.21. The van der Waals surface area contributed by atoms with Crippen LogP contribution in [0.1, 0.15) is 13.8 Å². The highest BCUT2D eigenvalue weighted by Gasteiger charge is 2.18. The average molecular weight is 272 g/mol. The van der Waals surface area contributed by atoms with Crippen LogP contribution < -0.4 is 4.90 Å². The lowest BCUT2D eigenvalue weighted by atomic mass is 10.2. The molecule has 0 spiro atoms. The molecule has 1 N–H and O–H groups in total. The van der Waals surface area contributed by atoms with Gasteiger partial charge in [0.1, 0.15) is 6.04 Å². The van der Waals surface area contributed by atoms with E-state index in [1.54, 1.807) is 6.92 Å². The molecule has 0 saturated heterocycles. The molecule has 82 valence electrons. The summed E-state index contributed by atoms with van der Waals surface area (Å²) in [5, 5.41) is 8.95.